The highest BCUT2D eigenvalue weighted by Gasteiger charge is 2.13. The second-order valence-electron chi connectivity index (χ2n) is 6.91. The first-order valence-corrected chi connectivity index (χ1v) is 11.2. The molecule has 0 aliphatic carbocycles. The number of hydrogen-bond donors (Lipinski definition) is 3. The summed E-state index contributed by atoms with van der Waals surface area (Å²) in [6.45, 7) is 2.60. The van der Waals surface area contributed by atoms with Gasteiger partial charge in [-0.1, -0.05) is 23.2 Å². The number of benzene rings is 2. The molecule has 34 heavy (non-hydrogen) atoms. The molecule has 4 N–H and O–H groups in total. The maximum absolute atomic E-state index is 14.3. The number of aliphatic hydroxyl groups is 1. The van der Waals surface area contributed by atoms with Crippen LogP contribution in [0.25, 0.3) is 10.9 Å². The van der Waals surface area contributed by atoms with Crippen molar-refractivity contribution < 1.29 is 28.4 Å². The molecule has 0 aliphatic heterocycles. The number of anilines is 3. The number of nitrogens with one attached hydrogen (secondary N) is 1. The number of fused-ring (bicyclic) bond motifs is 1. The first-order valence-electron chi connectivity index (χ1n) is 10.4. The van der Waals surface area contributed by atoms with Gasteiger partial charge < -0.3 is 35.1 Å². The fraction of sp³-hybridized carbons (Fsp3) is 0.364. The number of hydrogen-bond acceptors (Lipinski definition) is 9. The van der Waals surface area contributed by atoms with E-state index in [0.717, 1.165) is 6.07 Å². The van der Waals surface area contributed by atoms with Crippen LogP contribution in [0.3, 0.4) is 0 Å². The van der Waals surface area contributed by atoms with Gasteiger partial charge in [0.2, 0.25) is 0 Å². The van der Waals surface area contributed by atoms with E-state index >= 15 is 0 Å². The average molecular weight is 515 g/mol. The Balaban J connectivity index is 1.52. The van der Waals surface area contributed by atoms with Crippen LogP contribution in [0, 0.1) is 5.82 Å². The highest BCUT2D eigenvalue weighted by molar-refractivity contribution is 6.42. The minimum absolute atomic E-state index is 0.00541. The summed E-state index contributed by atoms with van der Waals surface area (Å²) in [6, 6.07) is 5.83. The van der Waals surface area contributed by atoms with Crippen molar-refractivity contribution in [3.05, 3.63) is 46.5 Å². The van der Waals surface area contributed by atoms with Crippen molar-refractivity contribution in [2.75, 3.05) is 63.9 Å². The van der Waals surface area contributed by atoms with Gasteiger partial charge in [-0.25, -0.2) is 14.4 Å². The van der Waals surface area contributed by atoms with Crippen molar-refractivity contribution in [1.82, 2.24) is 9.97 Å². The number of nitrogen functional groups attached to an aromatic ring is 1. The molecule has 184 valence electrons. The first kappa shape index (κ1) is 26.1. The lowest BCUT2D eigenvalue weighted by Gasteiger charge is -2.13. The third-order valence-corrected chi connectivity index (χ3v) is 5.22. The maximum Gasteiger partial charge on any atom is 0.148 e. The summed E-state index contributed by atoms with van der Waals surface area (Å²) < 4.78 is 35.9. The number of ether oxygens (including phenoxy) is 4. The lowest BCUT2D eigenvalue weighted by atomic mass is 10.2. The Morgan fingerprint density at radius 1 is 0.882 bits per heavy atom. The Morgan fingerprint density at radius 2 is 1.53 bits per heavy atom. The molecule has 0 atom stereocenters. The van der Waals surface area contributed by atoms with E-state index in [-0.39, 0.29) is 28.9 Å². The largest absolute Gasteiger partial charge is 0.489 e. The number of rotatable bonds is 14. The van der Waals surface area contributed by atoms with Crippen LogP contribution in [0.1, 0.15) is 0 Å². The number of nitrogens with zero attached hydrogens (tertiary/aromatic N) is 2. The van der Waals surface area contributed by atoms with E-state index in [1.54, 1.807) is 12.1 Å². The van der Waals surface area contributed by atoms with Crippen LogP contribution in [0.4, 0.5) is 21.6 Å². The van der Waals surface area contributed by atoms with E-state index in [1.807, 2.05) is 0 Å². The Morgan fingerprint density at radius 3 is 2.24 bits per heavy atom. The lowest BCUT2D eigenvalue weighted by Crippen LogP contribution is -2.13. The zero-order chi connectivity index (χ0) is 24.3. The quantitative estimate of drug-likeness (QED) is 0.167. The molecular formula is C22H25Cl2FN4O5. The van der Waals surface area contributed by atoms with Crippen molar-refractivity contribution >= 4 is 51.3 Å². The molecule has 0 radical (unpaired) electrons. The predicted molar refractivity (Wildman–Crippen MR) is 129 cm³/mol. The number of aliphatic hydroxyl groups excluding tert-OH is 1. The fourth-order valence-corrected chi connectivity index (χ4v) is 3.20. The van der Waals surface area contributed by atoms with E-state index < -0.39 is 5.82 Å². The van der Waals surface area contributed by atoms with Gasteiger partial charge in [0, 0.05) is 11.5 Å². The molecule has 0 aliphatic rings. The Hall–Kier alpha value is -2.47. The molecule has 0 saturated carbocycles. The number of aromatic nitrogens is 2. The van der Waals surface area contributed by atoms with Gasteiger partial charge in [0.05, 0.1) is 73.2 Å². The summed E-state index contributed by atoms with van der Waals surface area (Å²) >= 11 is 11.8. The molecule has 12 heteroatoms. The van der Waals surface area contributed by atoms with Gasteiger partial charge in [0.15, 0.2) is 0 Å². The second kappa shape index (κ2) is 13.4. The van der Waals surface area contributed by atoms with E-state index in [2.05, 4.69) is 15.3 Å². The highest BCUT2D eigenvalue weighted by Crippen LogP contribution is 2.34. The van der Waals surface area contributed by atoms with Crippen LogP contribution in [-0.2, 0) is 14.2 Å². The summed E-state index contributed by atoms with van der Waals surface area (Å²) in [6.07, 6.45) is 1.35. The summed E-state index contributed by atoms with van der Waals surface area (Å²) in [5.41, 5.74) is 7.18. The molecule has 0 unspecified atom stereocenters. The normalized spacial score (nSPS) is 11.2. The standard InChI is InChI=1S/C22H25Cl2FN4O5/c23-15-10-17(25)20(11-16(15)24)29-22-14-9-18(26)21(12-19(14)27-13-28-22)34-8-7-33-6-5-32-4-3-31-2-1-30/h9-13,30H,1-8,26H2,(H,27,28,29). The minimum atomic E-state index is -0.575. The van der Waals surface area contributed by atoms with Crippen molar-refractivity contribution in [2.24, 2.45) is 0 Å². The van der Waals surface area contributed by atoms with E-state index in [0.29, 0.717) is 67.8 Å². The molecule has 3 rings (SSSR count). The third-order valence-electron chi connectivity index (χ3n) is 4.49. The molecule has 0 saturated heterocycles. The average Bonchev–Trinajstić information content (AvgIpc) is 2.81. The predicted octanol–water partition coefficient (Wildman–Crippen LogP) is 3.82. The van der Waals surface area contributed by atoms with E-state index in [1.165, 1.54) is 12.4 Å². The smallest absolute Gasteiger partial charge is 0.148 e. The zero-order valence-corrected chi connectivity index (χ0v) is 19.7. The molecule has 9 nitrogen and oxygen atoms in total. The van der Waals surface area contributed by atoms with E-state index in [9.17, 15) is 4.39 Å². The molecular weight excluding hydrogens is 490 g/mol. The van der Waals surface area contributed by atoms with E-state index in [4.69, 9.17) is 53.0 Å². The number of nitrogens with two attached hydrogens (primary N) is 1. The topological polar surface area (TPSA) is 121 Å². The molecule has 0 spiro atoms. The molecule has 0 amide bonds. The van der Waals surface area contributed by atoms with Crippen molar-refractivity contribution in [2.45, 2.75) is 0 Å². The molecule has 2 aromatic carbocycles. The van der Waals surface area contributed by atoms with Crippen LogP contribution >= 0.6 is 23.2 Å². The van der Waals surface area contributed by atoms with Gasteiger partial charge in [-0.3, -0.25) is 0 Å². The fourth-order valence-electron chi connectivity index (χ4n) is 2.89. The van der Waals surface area contributed by atoms with Crippen molar-refractivity contribution in [3.8, 4) is 5.75 Å². The SMILES string of the molecule is Nc1cc2c(Nc3cc(Cl)c(Cl)cc3F)ncnc2cc1OCCOCCOCCOCCO. The summed E-state index contributed by atoms with van der Waals surface area (Å²) in [5.74, 6) is 0.221. The van der Waals surface area contributed by atoms with Gasteiger partial charge in [-0.2, -0.15) is 0 Å². The van der Waals surface area contributed by atoms with Gasteiger partial charge >= 0.3 is 0 Å². The molecule has 3 aromatic rings. The highest BCUT2D eigenvalue weighted by atomic mass is 35.5. The summed E-state index contributed by atoms with van der Waals surface area (Å²) in [5, 5.41) is 12.4. The lowest BCUT2D eigenvalue weighted by molar-refractivity contribution is 0.00364. The molecule has 1 aromatic heterocycles. The number of halogens is 3. The Labute approximate surface area is 205 Å². The van der Waals surface area contributed by atoms with Crippen LogP contribution < -0.4 is 15.8 Å². The van der Waals surface area contributed by atoms with Crippen LogP contribution in [0.2, 0.25) is 10.0 Å². The molecule has 1 heterocycles. The molecule has 0 fully saturated rings. The van der Waals surface area contributed by atoms with Crippen LogP contribution in [0.5, 0.6) is 5.75 Å². The maximum atomic E-state index is 14.3. The van der Waals surface area contributed by atoms with Gasteiger partial charge in [-0.15, -0.1) is 0 Å². The van der Waals surface area contributed by atoms with Gasteiger partial charge in [0.25, 0.3) is 0 Å². The van der Waals surface area contributed by atoms with Crippen LogP contribution in [-0.4, -0.2) is 67.9 Å². The zero-order valence-electron chi connectivity index (χ0n) is 18.2. The minimum Gasteiger partial charge on any atom is -0.489 e. The third kappa shape index (κ3) is 7.52. The Bertz CT molecular complexity index is 1090. The van der Waals surface area contributed by atoms with Gasteiger partial charge in [0.1, 0.15) is 30.3 Å². The van der Waals surface area contributed by atoms with Crippen molar-refractivity contribution in [1.29, 1.82) is 0 Å². The molecule has 0 bridgehead atoms. The van der Waals surface area contributed by atoms with Crippen LogP contribution in [0.15, 0.2) is 30.6 Å². The second-order valence-corrected chi connectivity index (χ2v) is 7.72. The Kier molecular flexibility index (Phi) is 10.3. The first-order chi connectivity index (χ1) is 16.5. The monoisotopic (exact) mass is 514 g/mol. The van der Waals surface area contributed by atoms with Crippen molar-refractivity contribution in [3.63, 3.8) is 0 Å². The van der Waals surface area contributed by atoms with Gasteiger partial charge in [-0.05, 0) is 18.2 Å². The summed E-state index contributed by atoms with van der Waals surface area (Å²) in [4.78, 5) is 8.43. The summed E-state index contributed by atoms with van der Waals surface area (Å²) in [7, 11) is 0.